The smallest absolute Gasteiger partial charge is 0.325 e. The lowest BCUT2D eigenvalue weighted by Gasteiger charge is -2.13. The average molecular weight is 411 g/mol. The van der Waals surface area contributed by atoms with E-state index in [1.54, 1.807) is 24.3 Å². The van der Waals surface area contributed by atoms with Crippen LogP contribution in [0.4, 0.5) is 4.79 Å². The molecule has 1 fully saturated rings. The van der Waals surface area contributed by atoms with Crippen LogP contribution >= 0.6 is 11.6 Å². The minimum absolute atomic E-state index is 0.290. The summed E-state index contributed by atoms with van der Waals surface area (Å²) in [5.74, 6) is -0.807. The fraction of sp³-hybridized carbons (Fsp3) is 0.190. The first-order valence-corrected chi connectivity index (χ1v) is 9.57. The number of benzene rings is 2. The fourth-order valence-corrected chi connectivity index (χ4v) is 3.51. The molecule has 1 saturated heterocycles. The van der Waals surface area contributed by atoms with Crippen LogP contribution in [0.2, 0.25) is 5.02 Å². The first-order valence-electron chi connectivity index (χ1n) is 9.19. The highest BCUT2D eigenvalue weighted by Crippen LogP contribution is 2.21. The summed E-state index contributed by atoms with van der Waals surface area (Å²) < 4.78 is 0. The van der Waals surface area contributed by atoms with Gasteiger partial charge in [-0.15, -0.1) is 0 Å². The summed E-state index contributed by atoms with van der Waals surface area (Å²) in [6.45, 7) is -0.0267. The quantitative estimate of drug-likeness (QED) is 0.545. The predicted molar refractivity (Wildman–Crippen MR) is 109 cm³/mol. The van der Waals surface area contributed by atoms with Crippen molar-refractivity contribution in [1.29, 1.82) is 0 Å². The van der Waals surface area contributed by atoms with Crippen LogP contribution in [0, 0.1) is 0 Å². The zero-order valence-corrected chi connectivity index (χ0v) is 16.2. The van der Waals surface area contributed by atoms with E-state index < -0.39 is 23.9 Å². The molecule has 0 radical (unpaired) electrons. The molecule has 4 amide bonds. The molecule has 7 nitrogen and oxygen atoms in total. The van der Waals surface area contributed by atoms with Crippen LogP contribution in [-0.4, -0.2) is 40.3 Å². The van der Waals surface area contributed by atoms with E-state index in [0.717, 1.165) is 26.9 Å². The number of amides is 4. The Balaban J connectivity index is 1.36. The molecule has 0 aliphatic carbocycles. The maximum atomic E-state index is 12.7. The van der Waals surface area contributed by atoms with Gasteiger partial charge in [0, 0.05) is 35.1 Å². The number of carbonyl (C=O) groups is 3. The maximum absolute atomic E-state index is 12.7. The molecule has 2 aromatic carbocycles. The van der Waals surface area contributed by atoms with E-state index in [2.05, 4.69) is 15.6 Å². The molecular weight excluding hydrogens is 392 g/mol. The molecule has 1 aliphatic rings. The average Bonchev–Trinajstić information content (AvgIpc) is 3.24. The molecule has 4 rings (SSSR count). The van der Waals surface area contributed by atoms with E-state index in [9.17, 15) is 14.4 Å². The number of nitrogens with zero attached hydrogens (tertiary/aromatic N) is 1. The van der Waals surface area contributed by atoms with Gasteiger partial charge in [0.15, 0.2) is 0 Å². The third kappa shape index (κ3) is 4.09. The van der Waals surface area contributed by atoms with E-state index in [-0.39, 0.29) is 6.54 Å². The van der Waals surface area contributed by atoms with Crippen molar-refractivity contribution in [3.05, 3.63) is 70.9 Å². The lowest BCUT2D eigenvalue weighted by molar-refractivity contribution is -0.132. The molecule has 0 saturated carbocycles. The summed E-state index contributed by atoms with van der Waals surface area (Å²) in [5, 5.41) is 7.00. The highest BCUT2D eigenvalue weighted by Gasteiger charge is 2.39. The Labute approximate surface area is 172 Å². The third-order valence-corrected chi connectivity index (χ3v) is 5.16. The maximum Gasteiger partial charge on any atom is 0.325 e. The fourth-order valence-electron chi connectivity index (χ4n) is 3.39. The molecule has 1 unspecified atom stereocenters. The van der Waals surface area contributed by atoms with Gasteiger partial charge in [-0.1, -0.05) is 41.9 Å². The molecule has 2 heterocycles. The number of carbonyl (C=O) groups excluding carboxylic acids is 3. The second kappa shape index (κ2) is 7.97. The number of aromatic nitrogens is 1. The molecule has 3 aromatic rings. The van der Waals surface area contributed by atoms with Crippen LogP contribution < -0.4 is 10.6 Å². The van der Waals surface area contributed by atoms with Crippen molar-refractivity contribution >= 4 is 40.3 Å². The van der Waals surface area contributed by atoms with Gasteiger partial charge in [0.05, 0.1) is 0 Å². The number of halogens is 1. The number of rotatable bonds is 6. The Hall–Kier alpha value is -3.32. The monoisotopic (exact) mass is 410 g/mol. The number of H-pyrrole nitrogens is 1. The Morgan fingerprint density at radius 2 is 1.86 bits per heavy atom. The SMILES string of the molecule is O=C(CN1C(=O)NC(Cc2c[nH]c3ccccc23)C1=O)NCc1ccc(Cl)cc1. The predicted octanol–water partition coefficient (Wildman–Crippen LogP) is 2.60. The Morgan fingerprint density at radius 3 is 2.66 bits per heavy atom. The molecule has 8 heteroatoms. The summed E-state index contributed by atoms with van der Waals surface area (Å²) in [6, 6.07) is 13.6. The number of urea groups is 1. The van der Waals surface area contributed by atoms with Crippen molar-refractivity contribution in [2.45, 2.75) is 19.0 Å². The molecule has 3 N–H and O–H groups in total. The molecule has 1 aliphatic heterocycles. The van der Waals surface area contributed by atoms with Crippen LogP contribution in [0.1, 0.15) is 11.1 Å². The number of nitrogens with one attached hydrogen (secondary N) is 3. The zero-order valence-electron chi connectivity index (χ0n) is 15.4. The molecule has 1 aromatic heterocycles. The largest absolute Gasteiger partial charge is 0.361 e. The van der Waals surface area contributed by atoms with E-state index >= 15 is 0 Å². The van der Waals surface area contributed by atoms with Crippen molar-refractivity contribution in [2.24, 2.45) is 0 Å². The first kappa shape index (κ1) is 19.0. The van der Waals surface area contributed by atoms with Gasteiger partial charge in [-0.3, -0.25) is 14.5 Å². The summed E-state index contributed by atoms with van der Waals surface area (Å²) in [7, 11) is 0. The van der Waals surface area contributed by atoms with Gasteiger partial charge in [0.25, 0.3) is 5.91 Å². The van der Waals surface area contributed by atoms with Gasteiger partial charge in [0.1, 0.15) is 12.6 Å². The highest BCUT2D eigenvalue weighted by molar-refractivity contribution is 6.30. The van der Waals surface area contributed by atoms with Crippen molar-refractivity contribution < 1.29 is 14.4 Å². The minimum Gasteiger partial charge on any atom is -0.361 e. The number of hydrogen-bond acceptors (Lipinski definition) is 3. The van der Waals surface area contributed by atoms with Crippen LogP contribution in [0.25, 0.3) is 10.9 Å². The molecule has 29 heavy (non-hydrogen) atoms. The van der Waals surface area contributed by atoms with Crippen LogP contribution in [0.5, 0.6) is 0 Å². The van der Waals surface area contributed by atoms with Gasteiger partial charge >= 0.3 is 6.03 Å². The summed E-state index contributed by atoms with van der Waals surface area (Å²) in [5.41, 5.74) is 2.78. The van der Waals surface area contributed by atoms with Crippen LogP contribution in [0.15, 0.2) is 54.7 Å². The third-order valence-electron chi connectivity index (χ3n) is 4.91. The van der Waals surface area contributed by atoms with E-state index in [0.29, 0.717) is 18.0 Å². The van der Waals surface area contributed by atoms with Crippen LogP contribution in [0.3, 0.4) is 0 Å². The van der Waals surface area contributed by atoms with E-state index in [1.165, 1.54) is 0 Å². The number of hydrogen-bond donors (Lipinski definition) is 3. The van der Waals surface area contributed by atoms with Crippen molar-refractivity contribution in [3.8, 4) is 0 Å². The lowest BCUT2D eigenvalue weighted by Crippen LogP contribution is -2.41. The van der Waals surface area contributed by atoms with Crippen molar-refractivity contribution in [1.82, 2.24) is 20.5 Å². The zero-order chi connectivity index (χ0) is 20.4. The Kier molecular flexibility index (Phi) is 5.22. The summed E-state index contributed by atoms with van der Waals surface area (Å²) in [6.07, 6.45) is 2.20. The lowest BCUT2D eigenvalue weighted by atomic mass is 10.1. The van der Waals surface area contributed by atoms with Gasteiger partial charge in [-0.05, 0) is 29.3 Å². The molecule has 148 valence electrons. The summed E-state index contributed by atoms with van der Waals surface area (Å²) >= 11 is 5.84. The second-order valence-electron chi connectivity index (χ2n) is 6.89. The van der Waals surface area contributed by atoms with Gasteiger partial charge in [-0.25, -0.2) is 4.79 Å². The second-order valence-corrected chi connectivity index (χ2v) is 7.33. The van der Waals surface area contributed by atoms with E-state index in [1.807, 2.05) is 30.5 Å². The Morgan fingerprint density at radius 1 is 1.10 bits per heavy atom. The molecular formula is C21H19ClN4O3. The van der Waals surface area contributed by atoms with Crippen molar-refractivity contribution in [3.63, 3.8) is 0 Å². The standard InChI is InChI=1S/C21H19ClN4O3/c22-15-7-5-13(6-8-15)10-24-19(27)12-26-20(28)18(25-21(26)29)9-14-11-23-17-4-2-1-3-16(14)17/h1-8,11,18,23H,9-10,12H2,(H,24,27)(H,25,29). The van der Waals surface area contributed by atoms with Gasteiger partial charge < -0.3 is 15.6 Å². The number of fused-ring (bicyclic) bond motifs is 1. The van der Waals surface area contributed by atoms with Gasteiger partial charge in [-0.2, -0.15) is 0 Å². The highest BCUT2D eigenvalue weighted by atomic mass is 35.5. The van der Waals surface area contributed by atoms with E-state index in [4.69, 9.17) is 11.6 Å². The molecule has 0 bridgehead atoms. The topological polar surface area (TPSA) is 94.3 Å². The summed E-state index contributed by atoms with van der Waals surface area (Å²) in [4.78, 5) is 41.2. The Bertz CT molecular complexity index is 1080. The first-order chi connectivity index (χ1) is 14.0. The minimum atomic E-state index is -0.689. The van der Waals surface area contributed by atoms with Crippen molar-refractivity contribution in [2.75, 3.05) is 6.54 Å². The number of aromatic amines is 1. The van der Waals surface area contributed by atoms with Crippen LogP contribution in [-0.2, 0) is 22.6 Å². The molecule has 1 atom stereocenters. The normalized spacial score (nSPS) is 16.3. The number of para-hydroxylation sites is 1. The molecule has 0 spiro atoms. The van der Waals surface area contributed by atoms with Gasteiger partial charge in [0.2, 0.25) is 5.91 Å². The number of imide groups is 1.